The first-order chi connectivity index (χ1) is 15.2. The zero-order valence-corrected chi connectivity index (χ0v) is 20.6. The molecule has 2 heteroatoms. The molecule has 0 N–H and O–H groups in total. The van der Waals surface area contributed by atoms with Crippen molar-refractivity contribution < 1.29 is 0 Å². The number of unbranched alkanes of at least 4 members (excludes halogenated alkanes) is 2. The van der Waals surface area contributed by atoms with Gasteiger partial charge in [-0.3, -0.25) is 0 Å². The molecule has 0 heterocycles. The van der Waals surface area contributed by atoms with Crippen LogP contribution in [-0.2, 0) is 6.42 Å². The van der Waals surface area contributed by atoms with Crippen LogP contribution in [0.15, 0.2) is 115 Å². The fraction of sp³-hybridized carbons (Fsp3) is 0.172. The third-order valence-electron chi connectivity index (χ3n) is 6.21. The molecular weight excluding hydrogens is 459 g/mol. The van der Waals surface area contributed by atoms with Crippen molar-refractivity contribution in [2.75, 3.05) is 0 Å². The number of aryl methyl sites for hydroxylation is 1. The number of hydrogen-bond acceptors (Lipinski definition) is 0. The molecule has 0 amide bonds. The van der Waals surface area contributed by atoms with Crippen molar-refractivity contribution in [3.8, 4) is 0 Å². The summed E-state index contributed by atoms with van der Waals surface area (Å²) < 4.78 is 0. The van der Waals surface area contributed by atoms with Crippen LogP contribution in [0.4, 0.5) is 0 Å². The third-order valence-corrected chi connectivity index (χ3v) is 16.2. The molecule has 4 aromatic carbocycles. The van der Waals surface area contributed by atoms with Crippen LogP contribution in [0.25, 0.3) is 0 Å². The maximum atomic E-state index is 4.54. The first-order valence-corrected chi connectivity index (χ1v) is 15.4. The quantitative estimate of drug-likeness (QED) is 0.187. The van der Waals surface area contributed by atoms with E-state index < -0.39 is 5.31 Å². The molecule has 0 saturated carbocycles. The van der Waals surface area contributed by atoms with Gasteiger partial charge in [0.25, 0.3) is 0 Å². The van der Waals surface area contributed by atoms with Gasteiger partial charge in [-0.2, -0.15) is 0 Å². The predicted octanol–water partition coefficient (Wildman–Crippen LogP) is 6.88. The van der Waals surface area contributed by atoms with Crippen LogP contribution in [0.1, 0.15) is 31.7 Å². The van der Waals surface area contributed by atoms with E-state index in [2.05, 4.69) is 138 Å². The van der Waals surface area contributed by atoms with E-state index in [9.17, 15) is 0 Å². The molecule has 0 bridgehead atoms. The molecule has 0 nitrogen and oxygen atoms in total. The summed E-state index contributed by atoms with van der Waals surface area (Å²) >= 11 is 4.54. The Morgan fingerprint density at radius 1 is 0.516 bits per heavy atom. The molecule has 4 aromatic rings. The molecule has 0 aliphatic heterocycles. The summed E-state index contributed by atoms with van der Waals surface area (Å²) in [6.45, 7) is 2.26. The van der Waals surface area contributed by atoms with Crippen molar-refractivity contribution >= 4 is 42.0 Å². The van der Waals surface area contributed by atoms with E-state index in [0.717, 1.165) is 6.42 Å². The number of halogens is 1. The molecule has 0 aliphatic rings. The molecule has 0 aliphatic carbocycles. The van der Waals surface area contributed by atoms with Crippen LogP contribution >= 0.6 is 20.8 Å². The Morgan fingerprint density at radius 3 is 1.29 bits per heavy atom. The average molecular weight is 489 g/mol. The Kier molecular flexibility index (Phi) is 6.75. The van der Waals surface area contributed by atoms with Gasteiger partial charge in [-0.25, -0.2) is 0 Å². The molecule has 158 valence electrons. The molecule has 0 radical (unpaired) electrons. The standard InChI is InChI=1S/C29H30BrP/c1-2-3-7-14-25-21-23-29(24-22-25)31(30,26-15-8-4-9-16-26,27-17-10-5-11-18-27)28-19-12-6-13-20-28/h4-6,8-13,15-24H,2-3,7,14H2,1H3. The van der Waals surface area contributed by atoms with Crippen LogP contribution in [0.3, 0.4) is 0 Å². The zero-order valence-electron chi connectivity index (χ0n) is 18.1. The van der Waals surface area contributed by atoms with E-state index >= 15 is 0 Å². The van der Waals surface area contributed by atoms with E-state index in [0.29, 0.717) is 0 Å². The molecule has 4 rings (SSSR count). The van der Waals surface area contributed by atoms with Crippen molar-refractivity contribution in [3.63, 3.8) is 0 Å². The summed E-state index contributed by atoms with van der Waals surface area (Å²) in [5, 5.41) is 2.24. The van der Waals surface area contributed by atoms with Gasteiger partial charge in [0.15, 0.2) is 0 Å². The summed E-state index contributed by atoms with van der Waals surface area (Å²) in [6, 6.07) is 42.3. The molecular formula is C29H30BrP. The van der Waals surface area contributed by atoms with Crippen molar-refractivity contribution in [2.45, 2.75) is 32.6 Å². The second kappa shape index (κ2) is 9.51. The van der Waals surface area contributed by atoms with E-state index in [-0.39, 0.29) is 0 Å². The van der Waals surface area contributed by atoms with Crippen LogP contribution in [0, 0.1) is 0 Å². The molecule has 0 unspecified atom stereocenters. The van der Waals surface area contributed by atoms with Gasteiger partial charge in [-0.15, -0.1) is 0 Å². The molecule has 0 spiro atoms. The summed E-state index contributed by atoms with van der Waals surface area (Å²) in [4.78, 5) is 0. The molecule has 0 fully saturated rings. The second-order valence-electron chi connectivity index (χ2n) is 8.14. The molecule has 0 saturated heterocycles. The fourth-order valence-corrected chi connectivity index (χ4v) is 12.1. The van der Waals surface area contributed by atoms with Crippen molar-refractivity contribution in [1.82, 2.24) is 0 Å². The molecule has 0 aromatic heterocycles. The average Bonchev–Trinajstić information content (AvgIpc) is 2.86. The topological polar surface area (TPSA) is 0 Å². The molecule has 0 atom stereocenters. The molecule has 31 heavy (non-hydrogen) atoms. The van der Waals surface area contributed by atoms with Gasteiger partial charge in [0.1, 0.15) is 0 Å². The normalized spacial score (nSPS) is 12.8. The third kappa shape index (κ3) is 3.91. The van der Waals surface area contributed by atoms with Gasteiger partial charge in [0.05, 0.1) is 0 Å². The van der Waals surface area contributed by atoms with E-state index in [1.807, 2.05) is 0 Å². The Labute approximate surface area is 195 Å². The maximum absolute atomic E-state index is 4.54. The summed E-state index contributed by atoms with van der Waals surface area (Å²) in [7, 11) is 0. The summed E-state index contributed by atoms with van der Waals surface area (Å²) in [5.41, 5.74) is 1.42. The summed E-state index contributed by atoms with van der Waals surface area (Å²) in [5.74, 6) is 0. The van der Waals surface area contributed by atoms with Gasteiger partial charge in [-0.1, -0.05) is 0 Å². The fourth-order valence-electron chi connectivity index (χ4n) is 4.54. The van der Waals surface area contributed by atoms with Crippen LogP contribution < -0.4 is 21.2 Å². The van der Waals surface area contributed by atoms with Crippen molar-refractivity contribution in [2.24, 2.45) is 0 Å². The van der Waals surface area contributed by atoms with Crippen molar-refractivity contribution in [3.05, 3.63) is 121 Å². The van der Waals surface area contributed by atoms with E-state index in [1.54, 1.807) is 0 Å². The van der Waals surface area contributed by atoms with Gasteiger partial charge in [0, 0.05) is 0 Å². The zero-order chi connectivity index (χ0) is 21.6. The van der Waals surface area contributed by atoms with Crippen LogP contribution in [0.5, 0.6) is 0 Å². The van der Waals surface area contributed by atoms with Gasteiger partial charge in [0.2, 0.25) is 0 Å². The SMILES string of the molecule is CCCCCc1ccc(P(Br)(c2ccccc2)(c2ccccc2)c2ccccc2)cc1. The Bertz CT molecular complexity index is 990. The van der Waals surface area contributed by atoms with Gasteiger partial charge < -0.3 is 0 Å². The predicted molar refractivity (Wildman–Crippen MR) is 143 cm³/mol. The monoisotopic (exact) mass is 488 g/mol. The first kappa shape index (κ1) is 22.0. The number of rotatable bonds is 8. The second-order valence-corrected chi connectivity index (χ2v) is 16.5. The van der Waals surface area contributed by atoms with Crippen LogP contribution in [-0.4, -0.2) is 0 Å². The Morgan fingerprint density at radius 2 is 0.903 bits per heavy atom. The van der Waals surface area contributed by atoms with E-state index in [4.69, 9.17) is 0 Å². The minimum atomic E-state index is -3.07. The number of hydrogen-bond donors (Lipinski definition) is 0. The Balaban J connectivity index is 2.00. The van der Waals surface area contributed by atoms with Gasteiger partial charge in [-0.05, 0) is 0 Å². The Hall–Kier alpha value is -2.21. The minimum absolute atomic E-state index is 1.15. The van der Waals surface area contributed by atoms with E-state index in [1.165, 1.54) is 46.0 Å². The summed E-state index contributed by atoms with van der Waals surface area (Å²) in [6.07, 6.45) is 4.95. The van der Waals surface area contributed by atoms with Crippen molar-refractivity contribution in [1.29, 1.82) is 0 Å². The van der Waals surface area contributed by atoms with Crippen LogP contribution in [0.2, 0.25) is 0 Å². The number of benzene rings is 4. The first-order valence-electron chi connectivity index (χ1n) is 11.2. The van der Waals surface area contributed by atoms with Gasteiger partial charge >= 0.3 is 195 Å².